The summed E-state index contributed by atoms with van der Waals surface area (Å²) in [5.74, 6) is 1.22. The van der Waals surface area contributed by atoms with Gasteiger partial charge in [-0.15, -0.1) is 10.2 Å². The number of amides is 1. The molecule has 2 aromatic rings. The van der Waals surface area contributed by atoms with E-state index in [2.05, 4.69) is 20.0 Å². The largest absolute Gasteiger partial charge is 0.355 e. The molecule has 0 aliphatic carbocycles. The minimum Gasteiger partial charge on any atom is -0.355 e. The summed E-state index contributed by atoms with van der Waals surface area (Å²) < 4.78 is 13.9. The molecule has 0 saturated carbocycles. The molecule has 2 saturated heterocycles. The van der Waals surface area contributed by atoms with Gasteiger partial charge in [-0.05, 0) is 43.5 Å². The van der Waals surface area contributed by atoms with Gasteiger partial charge in [0, 0.05) is 49.9 Å². The van der Waals surface area contributed by atoms with Crippen LogP contribution < -0.4 is 9.80 Å². The average molecular weight is 418 g/mol. The fourth-order valence-electron chi connectivity index (χ4n) is 3.93. The number of halogens is 2. The second-order valence-electron chi connectivity index (χ2n) is 7.54. The highest BCUT2D eigenvalue weighted by atomic mass is 35.5. The van der Waals surface area contributed by atoms with Crippen LogP contribution in [0.2, 0.25) is 5.02 Å². The highest BCUT2D eigenvalue weighted by Gasteiger charge is 2.24. The molecule has 0 unspecified atom stereocenters. The van der Waals surface area contributed by atoms with Gasteiger partial charge < -0.3 is 14.7 Å². The smallest absolute Gasteiger partial charge is 0.227 e. The first-order valence-corrected chi connectivity index (χ1v) is 10.5. The van der Waals surface area contributed by atoms with Crippen molar-refractivity contribution in [2.24, 2.45) is 0 Å². The summed E-state index contributed by atoms with van der Waals surface area (Å²) in [5.41, 5.74) is 0.265. The Morgan fingerprint density at radius 2 is 1.52 bits per heavy atom. The van der Waals surface area contributed by atoms with E-state index in [0.29, 0.717) is 31.2 Å². The monoisotopic (exact) mass is 417 g/mol. The quantitative estimate of drug-likeness (QED) is 0.764. The van der Waals surface area contributed by atoms with Crippen LogP contribution in [-0.4, -0.2) is 60.3 Å². The fraction of sp³-hybridized carbons (Fsp3) is 0.476. The van der Waals surface area contributed by atoms with E-state index in [4.69, 9.17) is 11.6 Å². The van der Waals surface area contributed by atoms with Crippen molar-refractivity contribution in [2.75, 3.05) is 49.1 Å². The lowest BCUT2D eigenvalue weighted by Crippen LogP contribution is -2.49. The van der Waals surface area contributed by atoms with Gasteiger partial charge in [-0.1, -0.05) is 17.7 Å². The third kappa shape index (κ3) is 4.61. The molecule has 2 aliphatic rings. The summed E-state index contributed by atoms with van der Waals surface area (Å²) in [5, 5.41) is 9.10. The molecule has 154 valence electrons. The van der Waals surface area contributed by atoms with E-state index < -0.39 is 5.82 Å². The number of hydrogen-bond donors (Lipinski definition) is 0. The van der Waals surface area contributed by atoms with Crippen LogP contribution in [-0.2, 0) is 11.2 Å². The Balaban J connectivity index is 1.32. The normalized spacial score (nSPS) is 17.5. The first kappa shape index (κ1) is 19.9. The zero-order valence-corrected chi connectivity index (χ0v) is 17.1. The molecule has 1 aromatic heterocycles. The number of carbonyl (C=O) groups is 1. The lowest BCUT2D eigenvalue weighted by Gasteiger charge is -2.35. The van der Waals surface area contributed by atoms with Crippen LogP contribution in [0.25, 0.3) is 0 Å². The minimum absolute atomic E-state index is 0.0180. The Morgan fingerprint density at radius 1 is 0.897 bits per heavy atom. The number of aromatic nitrogens is 2. The fourth-order valence-corrected chi connectivity index (χ4v) is 4.16. The zero-order chi connectivity index (χ0) is 20.2. The zero-order valence-electron chi connectivity index (χ0n) is 16.4. The molecule has 0 N–H and O–H groups in total. The molecular weight excluding hydrogens is 393 g/mol. The number of piperidine rings is 1. The molecule has 0 spiro atoms. The molecule has 2 aliphatic heterocycles. The third-order valence-corrected chi connectivity index (χ3v) is 6.02. The maximum atomic E-state index is 13.9. The van der Waals surface area contributed by atoms with Crippen LogP contribution >= 0.6 is 11.6 Å². The molecule has 2 fully saturated rings. The van der Waals surface area contributed by atoms with Gasteiger partial charge in [0.25, 0.3) is 0 Å². The number of hydrogen-bond acceptors (Lipinski definition) is 5. The number of nitrogens with zero attached hydrogens (tertiary/aromatic N) is 5. The average Bonchev–Trinajstić information content (AvgIpc) is 2.77. The van der Waals surface area contributed by atoms with Crippen LogP contribution in [0, 0.1) is 5.82 Å². The van der Waals surface area contributed by atoms with Crippen LogP contribution in [0.4, 0.5) is 16.0 Å². The van der Waals surface area contributed by atoms with Crippen molar-refractivity contribution in [2.45, 2.75) is 25.7 Å². The van der Waals surface area contributed by atoms with E-state index in [-0.39, 0.29) is 17.9 Å². The summed E-state index contributed by atoms with van der Waals surface area (Å²) in [6.07, 6.45) is 3.68. The van der Waals surface area contributed by atoms with Gasteiger partial charge in [0.1, 0.15) is 5.82 Å². The first-order chi connectivity index (χ1) is 14.1. The summed E-state index contributed by atoms with van der Waals surface area (Å²) >= 11 is 6.05. The molecule has 4 rings (SSSR count). The van der Waals surface area contributed by atoms with Crippen molar-refractivity contribution in [1.29, 1.82) is 0 Å². The maximum Gasteiger partial charge on any atom is 0.227 e. The van der Waals surface area contributed by atoms with E-state index in [1.54, 1.807) is 17.0 Å². The van der Waals surface area contributed by atoms with Gasteiger partial charge in [0.05, 0.1) is 6.42 Å². The van der Waals surface area contributed by atoms with Gasteiger partial charge in [-0.25, -0.2) is 4.39 Å². The Labute approximate surface area is 175 Å². The summed E-state index contributed by atoms with van der Waals surface area (Å²) in [7, 11) is 0. The Morgan fingerprint density at radius 3 is 2.10 bits per heavy atom. The number of carbonyl (C=O) groups excluding carboxylic acids is 1. The molecule has 3 heterocycles. The second-order valence-corrected chi connectivity index (χ2v) is 7.95. The molecule has 1 amide bonds. The van der Waals surface area contributed by atoms with Crippen molar-refractivity contribution < 1.29 is 9.18 Å². The molecule has 0 bridgehead atoms. The molecule has 8 heteroatoms. The minimum atomic E-state index is -0.437. The van der Waals surface area contributed by atoms with E-state index in [1.165, 1.54) is 25.3 Å². The van der Waals surface area contributed by atoms with Gasteiger partial charge >= 0.3 is 0 Å². The summed E-state index contributed by atoms with van der Waals surface area (Å²) in [6, 6.07) is 8.52. The lowest BCUT2D eigenvalue weighted by molar-refractivity contribution is -0.130. The van der Waals surface area contributed by atoms with E-state index in [0.717, 1.165) is 24.7 Å². The molecule has 6 nitrogen and oxygen atoms in total. The predicted molar refractivity (Wildman–Crippen MR) is 112 cm³/mol. The Hall–Kier alpha value is -2.41. The number of rotatable bonds is 4. The van der Waals surface area contributed by atoms with Crippen LogP contribution in [0.5, 0.6) is 0 Å². The standard InChI is InChI=1S/C21H25ClFN5O/c22-17-5-4-6-18(23)16(17)15-21(29)28-13-11-27(12-14-28)20-8-7-19(24-25-20)26-9-2-1-3-10-26/h4-8H,1-3,9-15H2. The molecule has 29 heavy (non-hydrogen) atoms. The topological polar surface area (TPSA) is 52.6 Å². The first-order valence-electron chi connectivity index (χ1n) is 10.2. The van der Waals surface area contributed by atoms with Gasteiger partial charge in [-0.3, -0.25) is 4.79 Å². The van der Waals surface area contributed by atoms with E-state index in [9.17, 15) is 9.18 Å². The molecule has 0 radical (unpaired) electrons. The second kappa shape index (κ2) is 8.95. The van der Waals surface area contributed by atoms with Crippen molar-refractivity contribution in [3.63, 3.8) is 0 Å². The number of anilines is 2. The molecule has 0 atom stereocenters. The van der Waals surface area contributed by atoms with Gasteiger partial charge in [-0.2, -0.15) is 0 Å². The van der Waals surface area contributed by atoms with Crippen molar-refractivity contribution in [1.82, 2.24) is 15.1 Å². The van der Waals surface area contributed by atoms with Crippen molar-refractivity contribution in [3.05, 3.63) is 46.7 Å². The van der Waals surface area contributed by atoms with Crippen LogP contribution in [0.15, 0.2) is 30.3 Å². The van der Waals surface area contributed by atoms with Crippen LogP contribution in [0.1, 0.15) is 24.8 Å². The summed E-state index contributed by atoms with van der Waals surface area (Å²) in [4.78, 5) is 18.8. The molecular formula is C21H25ClFN5O. The maximum absolute atomic E-state index is 13.9. The van der Waals surface area contributed by atoms with Crippen LogP contribution in [0.3, 0.4) is 0 Å². The summed E-state index contributed by atoms with van der Waals surface area (Å²) in [6.45, 7) is 4.57. The number of benzene rings is 1. The Bertz CT molecular complexity index is 828. The molecule has 1 aromatic carbocycles. The van der Waals surface area contributed by atoms with E-state index in [1.807, 2.05) is 12.1 Å². The van der Waals surface area contributed by atoms with Gasteiger partial charge in [0.15, 0.2) is 11.6 Å². The Kier molecular flexibility index (Phi) is 6.13. The highest BCUT2D eigenvalue weighted by Crippen LogP contribution is 2.22. The van der Waals surface area contributed by atoms with Crippen molar-refractivity contribution >= 4 is 29.1 Å². The third-order valence-electron chi connectivity index (χ3n) is 5.66. The van der Waals surface area contributed by atoms with Gasteiger partial charge in [0.2, 0.25) is 5.91 Å². The lowest BCUT2D eigenvalue weighted by atomic mass is 10.1. The SMILES string of the molecule is O=C(Cc1c(F)cccc1Cl)N1CCN(c2ccc(N3CCCCC3)nn2)CC1. The van der Waals surface area contributed by atoms with E-state index >= 15 is 0 Å². The predicted octanol–water partition coefficient (Wildman–Crippen LogP) is 3.15. The number of piperazine rings is 1. The highest BCUT2D eigenvalue weighted by molar-refractivity contribution is 6.31. The van der Waals surface area contributed by atoms with Crippen molar-refractivity contribution in [3.8, 4) is 0 Å².